The summed E-state index contributed by atoms with van der Waals surface area (Å²) in [5.74, 6) is -1.14. The Hall–Kier alpha value is -0.883. The van der Waals surface area contributed by atoms with Crippen LogP contribution in [-0.2, 0) is 14.0 Å². The standard InChI is InChI=1S/C12H25NO4Si/c1-12(2,3)18(5,6)17-9(8-11(15)16)7-10(14)13-4/h9H,7-8H2,1-6H3,(H,13,14)(H,15,16)/t9-/m1/s1. The number of rotatable bonds is 6. The summed E-state index contributed by atoms with van der Waals surface area (Å²) >= 11 is 0. The van der Waals surface area contributed by atoms with Gasteiger partial charge in [-0.2, -0.15) is 0 Å². The molecular weight excluding hydrogens is 250 g/mol. The van der Waals surface area contributed by atoms with Crippen LogP contribution in [0.5, 0.6) is 0 Å². The summed E-state index contributed by atoms with van der Waals surface area (Å²) < 4.78 is 5.98. The van der Waals surface area contributed by atoms with E-state index in [1.807, 2.05) is 13.1 Å². The Labute approximate surface area is 110 Å². The van der Waals surface area contributed by atoms with Crippen molar-refractivity contribution in [3.63, 3.8) is 0 Å². The summed E-state index contributed by atoms with van der Waals surface area (Å²) in [5.41, 5.74) is 0. The predicted octanol–water partition coefficient (Wildman–Crippen LogP) is 1.99. The molecule has 0 radical (unpaired) electrons. The van der Waals surface area contributed by atoms with Crippen molar-refractivity contribution >= 4 is 20.2 Å². The Bertz CT molecular complexity index is 310. The quantitative estimate of drug-likeness (QED) is 0.727. The lowest BCUT2D eigenvalue weighted by molar-refractivity contribution is -0.139. The van der Waals surface area contributed by atoms with Crippen LogP contribution >= 0.6 is 0 Å². The van der Waals surface area contributed by atoms with Crippen LogP contribution in [-0.4, -0.2) is 38.5 Å². The van der Waals surface area contributed by atoms with Gasteiger partial charge in [0.25, 0.3) is 0 Å². The Kier molecular flexibility index (Phi) is 6.02. The van der Waals surface area contributed by atoms with Gasteiger partial charge in [-0.25, -0.2) is 0 Å². The fourth-order valence-electron chi connectivity index (χ4n) is 1.25. The molecule has 0 saturated heterocycles. The van der Waals surface area contributed by atoms with Crippen molar-refractivity contribution in [3.05, 3.63) is 0 Å². The minimum Gasteiger partial charge on any atom is -0.481 e. The van der Waals surface area contributed by atoms with Crippen molar-refractivity contribution in [2.45, 2.75) is 57.8 Å². The number of hydrogen-bond donors (Lipinski definition) is 2. The Morgan fingerprint density at radius 2 is 1.78 bits per heavy atom. The molecule has 0 aromatic carbocycles. The summed E-state index contributed by atoms with van der Waals surface area (Å²) in [5, 5.41) is 11.4. The van der Waals surface area contributed by atoms with Gasteiger partial charge in [-0.3, -0.25) is 9.59 Å². The molecule has 0 aromatic rings. The van der Waals surface area contributed by atoms with Crippen LogP contribution in [0.25, 0.3) is 0 Å². The molecule has 5 nitrogen and oxygen atoms in total. The smallest absolute Gasteiger partial charge is 0.305 e. The Balaban J connectivity index is 4.78. The number of amides is 1. The fourth-order valence-corrected chi connectivity index (χ4v) is 2.61. The van der Waals surface area contributed by atoms with Crippen LogP contribution in [0.2, 0.25) is 18.1 Å². The second-order valence-electron chi connectivity index (χ2n) is 5.98. The molecule has 0 aliphatic rings. The average Bonchev–Trinajstić information content (AvgIpc) is 2.13. The lowest BCUT2D eigenvalue weighted by atomic mass is 10.2. The number of carbonyl (C=O) groups is 2. The number of carbonyl (C=O) groups excluding carboxylic acids is 1. The molecule has 6 heteroatoms. The van der Waals surface area contributed by atoms with Crippen LogP contribution in [0.1, 0.15) is 33.6 Å². The van der Waals surface area contributed by atoms with Gasteiger partial charge in [-0.05, 0) is 18.1 Å². The van der Waals surface area contributed by atoms with Crippen LogP contribution in [0.3, 0.4) is 0 Å². The topological polar surface area (TPSA) is 75.6 Å². The van der Waals surface area contributed by atoms with Gasteiger partial charge in [0, 0.05) is 7.05 Å². The first kappa shape index (κ1) is 17.1. The minimum absolute atomic E-state index is 0.00750. The van der Waals surface area contributed by atoms with E-state index in [4.69, 9.17) is 9.53 Å². The van der Waals surface area contributed by atoms with E-state index in [0.717, 1.165) is 0 Å². The third-order valence-corrected chi connectivity index (χ3v) is 7.90. The molecule has 0 rings (SSSR count). The van der Waals surface area contributed by atoms with E-state index in [9.17, 15) is 9.59 Å². The SMILES string of the molecule is CNC(=O)C[C@H](CC(=O)O)O[Si](C)(C)C(C)(C)C. The highest BCUT2D eigenvalue weighted by molar-refractivity contribution is 6.74. The Morgan fingerprint density at radius 3 is 2.11 bits per heavy atom. The largest absolute Gasteiger partial charge is 0.481 e. The van der Waals surface area contributed by atoms with E-state index in [-0.39, 0.29) is 23.8 Å². The lowest BCUT2D eigenvalue weighted by Gasteiger charge is -2.38. The van der Waals surface area contributed by atoms with E-state index in [1.165, 1.54) is 7.05 Å². The zero-order chi connectivity index (χ0) is 14.6. The van der Waals surface area contributed by atoms with Gasteiger partial charge in [0.05, 0.1) is 18.9 Å². The molecule has 106 valence electrons. The van der Waals surface area contributed by atoms with Gasteiger partial charge < -0.3 is 14.8 Å². The molecule has 1 atom stereocenters. The highest BCUT2D eigenvalue weighted by Gasteiger charge is 2.39. The molecule has 0 aliphatic heterocycles. The minimum atomic E-state index is -2.06. The number of hydrogen-bond acceptors (Lipinski definition) is 3. The van der Waals surface area contributed by atoms with Gasteiger partial charge in [-0.1, -0.05) is 20.8 Å². The van der Waals surface area contributed by atoms with Crippen molar-refractivity contribution in [1.82, 2.24) is 5.32 Å². The number of nitrogens with one attached hydrogen (secondary N) is 1. The highest BCUT2D eigenvalue weighted by atomic mass is 28.4. The zero-order valence-corrected chi connectivity index (χ0v) is 13.2. The van der Waals surface area contributed by atoms with E-state index >= 15 is 0 Å². The molecule has 0 saturated carbocycles. The second kappa shape index (κ2) is 6.33. The number of aliphatic carboxylic acids is 1. The number of carboxylic acid groups (broad SMARTS) is 1. The van der Waals surface area contributed by atoms with Crippen molar-refractivity contribution in [2.75, 3.05) is 7.05 Å². The van der Waals surface area contributed by atoms with Crippen LogP contribution < -0.4 is 5.32 Å². The third-order valence-electron chi connectivity index (χ3n) is 3.36. The summed E-state index contributed by atoms with van der Waals surface area (Å²) in [6.07, 6.45) is -0.599. The summed E-state index contributed by atoms with van der Waals surface area (Å²) in [7, 11) is -0.524. The molecule has 0 fully saturated rings. The maximum atomic E-state index is 11.4. The van der Waals surface area contributed by atoms with Gasteiger partial charge in [0.2, 0.25) is 5.91 Å². The number of carboxylic acids is 1. The molecule has 18 heavy (non-hydrogen) atoms. The summed E-state index contributed by atoms with van der Waals surface area (Å²) in [4.78, 5) is 22.2. The Morgan fingerprint density at radius 1 is 1.28 bits per heavy atom. The summed E-state index contributed by atoms with van der Waals surface area (Å²) in [6.45, 7) is 10.3. The maximum Gasteiger partial charge on any atom is 0.305 e. The second-order valence-corrected chi connectivity index (χ2v) is 10.7. The van der Waals surface area contributed by atoms with Gasteiger partial charge in [0.1, 0.15) is 0 Å². The monoisotopic (exact) mass is 275 g/mol. The first-order valence-corrected chi connectivity index (χ1v) is 9.00. The molecule has 0 aromatic heterocycles. The highest BCUT2D eigenvalue weighted by Crippen LogP contribution is 2.37. The van der Waals surface area contributed by atoms with Crippen molar-refractivity contribution in [1.29, 1.82) is 0 Å². The molecular formula is C12H25NO4Si. The van der Waals surface area contributed by atoms with Crippen molar-refractivity contribution in [3.8, 4) is 0 Å². The van der Waals surface area contributed by atoms with E-state index < -0.39 is 20.4 Å². The molecule has 0 aliphatic carbocycles. The van der Waals surface area contributed by atoms with Gasteiger partial charge in [-0.15, -0.1) is 0 Å². The first-order chi connectivity index (χ1) is 7.99. The van der Waals surface area contributed by atoms with E-state index in [0.29, 0.717) is 0 Å². The normalized spacial score (nSPS) is 14.1. The van der Waals surface area contributed by atoms with E-state index in [2.05, 4.69) is 26.1 Å². The lowest BCUT2D eigenvalue weighted by Crippen LogP contribution is -2.45. The van der Waals surface area contributed by atoms with Crippen molar-refractivity contribution < 1.29 is 19.1 Å². The predicted molar refractivity (Wildman–Crippen MR) is 73.0 cm³/mol. The molecule has 2 N–H and O–H groups in total. The van der Waals surface area contributed by atoms with Crippen LogP contribution in [0, 0.1) is 0 Å². The molecule has 1 amide bonds. The fraction of sp³-hybridized carbons (Fsp3) is 0.833. The van der Waals surface area contributed by atoms with Gasteiger partial charge >= 0.3 is 5.97 Å². The summed E-state index contributed by atoms with van der Waals surface area (Å²) in [6, 6.07) is 0. The average molecular weight is 275 g/mol. The zero-order valence-electron chi connectivity index (χ0n) is 12.2. The molecule has 0 unspecified atom stereocenters. The molecule has 0 spiro atoms. The van der Waals surface area contributed by atoms with Gasteiger partial charge in [0.15, 0.2) is 8.32 Å². The van der Waals surface area contributed by atoms with E-state index in [1.54, 1.807) is 0 Å². The van der Waals surface area contributed by atoms with Crippen LogP contribution in [0.15, 0.2) is 0 Å². The molecule has 0 bridgehead atoms. The molecule has 0 heterocycles. The van der Waals surface area contributed by atoms with Crippen LogP contribution in [0.4, 0.5) is 0 Å². The third kappa shape index (κ3) is 5.64. The first-order valence-electron chi connectivity index (χ1n) is 6.10. The maximum absolute atomic E-state index is 11.4. The van der Waals surface area contributed by atoms with Crippen molar-refractivity contribution in [2.24, 2.45) is 0 Å².